The molecule has 0 aliphatic carbocycles. The van der Waals surface area contributed by atoms with Gasteiger partial charge in [0.05, 0.1) is 19.8 Å². The molecule has 16 heteroatoms. The van der Waals surface area contributed by atoms with Crippen LogP contribution in [0, 0.1) is 0 Å². The Balaban J connectivity index is 1.82. The summed E-state index contributed by atoms with van der Waals surface area (Å²) in [4.78, 5) is 0. The van der Waals surface area contributed by atoms with Crippen molar-refractivity contribution in [3.8, 4) is 0 Å². The lowest BCUT2D eigenvalue weighted by atomic mass is 9.89. The number of ether oxygens (including phenoxy) is 5. The van der Waals surface area contributed by atoms with E-state index in [2.05, 4.69) is 6.58 Å². The molecule has 216 valence electrons. The van der Waals surface area contributed by atoms with Crippen molar-refractivity contribution in [2.45, 2.75) is 98.0 Å². The lowest BCUT2D eigenvalue weighted by molar-refractivity contribution is -0.409. The standard InChI is InChI=1S/C21H36O16/c1-2-3-21(18(31)13(28)10(25)7(4-22)36-21)37-17-9(6-24)34-20(15(30)12(17)27)35-16-8(5-23)33-19(32)14(29)11(16)26/h2,7-20,22-32H,1,3-6H2/t7-,8-,9-,10-,11-,12-,13+,14-,15-,16-,17-,18-,19+,20?,21?/m1/s1. The second-order valence-corrected chi connectivity index (χ2v) is 9.19. The first-order valence-electron chi connectivity index (χ1n) is 11.7. The van der Waals surface area contributed by atoms with Gasteiger partial charge in [-0.25, -0.2) is 0 Å². The van der Waals surface area contributed by atoms with Crippen LogP contribution in [0.15, 0.2) is 12.7 Å². The van der Waals surface area contributed by atoms with Crippen LogP contribution in [0.25, 0.3) is 0 Å². The first kappa shape index (κ1) is 30.6. The average Bonchev–Trinajstić information content (AvgIpc) is 2.89. The minimum atomic E-state index is -2.21. The van der Waals surface area contributed by atoms with E-state index in [0.717, 1.165) is 0 Å². The van der Waals surface area contributed by atoms with E-state index in [1.54, 1.807) is 0 Å². The van der Waals surface area contributed by atoms with Crippen molar-refractivity contribution in [3.05, 3.63) is 12.7 Å². The van der Waals surface area contributed by atoms with E-state index >= 15 is 0 Å². The molecule has 0 aromatic heterocycles. The Morgan fingerprint density at radius 1 is 0.676 bits per heavy atom. The molecule has 37 heavy (non-hydrogen) atoms. The number of rotatable bonds is 9. The Morgan fingerprint density at radius 2 is 1.24 bits per heavy atom. The summed E-state index contributed by atoms with van der Waals surface area (Å²) in [5, 5.41) is 111. The zero-order valence-corrected chi connectivity index (χ0v) is 19.7. The summed E-state index contributed by atoms with van der Waals surface area (Å²) in [6, 6.07) is 0. The van der Waals surface area contributed by atoms with Gasteiger partial charge in [0.1, 0.15) is 73.2 Å². The molecule has 0 spiro atoms. The third kappa shape index (κ3) is 5.85. The molecule has 3 fully saturated rings. The second-order valence-electron chi connectivity index (χ2n) is 9.19. The van der Waals surface area contributed by atoms with Crippen molar-refractivity contribution in [2.75, 3.05) is 19.8 Å². The predicted octanol–water partition coefficient (Wildman–Crippen LogP) is -6.63. The molecule has 11 N–H and O–H groups in total. The molecular formula is C21H36O16. The zero-order valence-electron chi connectivity index (χ0n) is 19.7. The quantitative estimate of drug-likeness (QED) is 0.120. The molecule has 3 heterocycles. The highest BCUT2D eigenvalue weighted by Crippen LogP contribution is 2.38. The molecule has 0 aromatic carbocycles. The maximum Gasteiger partial charge on any atom is 0.201 e. The molecule has 16 nitrogen and oxygen atoms in total. The fourth-order valence-electron chi connectivity index (χ4n) is 4.65. The van der Waals surface area contributed by atoms with Gasteiger partial charge in [-0.05, 0) is 0 Å². The highest BCUT2D eigenvalue weighted by Gasteiger charge is 2.58. The van der Waals surface area contributed by atoms with Gasteiger partial charge in [-0.1, -0.05) is 6.08 Å². The molecule has 0 amide bonds. The lowest BCUT2D eigenvalue weighted by Gasteiger charge is -2.52. The monoisotopic (exact) mass is 544 g/mol. The van der Waals surface area contributed by atoms with Crippen LogP contribution in [0.4, 0.5) is 0 Å². The summed E-state index contributed by atoms with van der Waals surface area (Å²) in [5.41, 5.74) is 0. The smallest absolute Gasteiger partial charge is 0.201 e. The molecule has 0 bridgehead atoms. The molecular weight excluding hydrogens is 508 g/mol. The number of hydrogen-bond donors (Lipinski definition) is 11. The van der Waals surface area contributed by atoms with Crippen molar-refractivity contribution in [3.63, 3.8) is 0 Å². The average molecular weight is 545 g/mol. The molecule has 3 rings (SSSR count). The normalized spacial score (nSPS) is 51.1. The predicted molar refractivity (Wildman–Crippen MR) is 115 cm³/mol. The Labute approximate surface area is 211 Å². The summed E-state index contributed by atoms with van der Waals surface area (Å²) in [6.07, 6.45) is -23.2. The molecule has 2 unspecified atom stereocenters. The number of aliphatic hydroxyl groups excluding tert-OH is 11. The van der Waals surface area contributed by atoms with E-state index in [9.17, 15) is 56.2 Å². The van der Waals surface area contributed by atoms with Gasteiger partial charge in [0.15, 0.2) is 12.6 Å². The Bertz CT molecular complexity index is 737. The molecule has 0 saturated carbocycles. The van der Waals surface area contributed by atoms with Gasteiger partial charge in [-0.2, -0.15) is 0 Å². The maximum atomic E-state index is 10.9. The van der Waals surface area contributed by atoms with Crippen molar-refractivity contribution in [2.24, 2.45) is 0 Å². The molecule has 0 aromatic rings. The highest BCUT2D eigenvalue weighted by atomic mass is 16.8. The summed E-state index contributed by atoms with van der Waals surface area (Å²) in [5.74, 6) is -2.21. The first-order chi connectivity index (χ1) is 17.5. The SMILES string of the molecule is C=CCC1(O[C@H]2[C@H](O)[C@@H](O)C(O[C@H]3[C@H](O)[C@@H](O)[C@@H](O)O[C@@H]3CO)O[C@@H]2CO)O[C@H](CO)[C@@H](O)[C@H](O)[C@H]1O. The fourth-order valence-corrected chi connectivity index (χ4v) is 4.65. The van der Waals surface area contributed by atoms with Crippen LogP contribution >= 0.6 is 0 Å². The summed E-state index contributed by atoms with van der Waals surface area (Å²) in [7, 11) is 0. The minimum absolute atomic E-state index is 0.337. The summed E-state index contributed by atoms with van der Waals surface area (Å²) >= 11 is 0. The topological polar surface area (TPSA) is 269 Å². The molecule has 0 radical (unpaired) electrons. The van der Waals surface area contributed by atoms with Crippen molar-refractivity contribution in [1.29, 1.82) is 0 Å². The Morgan fingerprint density at radius 3 is 1.81 bits per heavy atom. The van der Waals surface area contributed by atoms with Crippen LogP contribution in [0.2, 0.25) is 0 Å². The lowest BCUT2D eigenvalue weighted by Crippen LogP contribution is -2.70. The summed E-state index contributed by atoms with van der Waals surface area (Å²) in [6.45, 7) is 1.12. The van der Waals surface area contributed by atoms with Crippen molar-refractivity contribution >= 4 is 0 Å². The van der Waals surface area contributed by atoms with E-state index < -0.39 is 111 Å². The van der Waals surface area contributed by atoms with E-state index in [4.69, 9.17) is 23.7 Å². The van der Waals surface area contributed by atoms with Gasteiger partial charge in [0, 0.05) is 6.42 Å². The molecule has 3 saturated heterocycles. The van der Waals surface area contributed by atoms with E-state index in [0.29, 0.717) is 0 Å². The fraction of sp³-hybridized carbons (Fsp3) is 0.905. The summed E-state index contributed by atoms with van der Waals surface area (Å²) < 4.78 is 27.3. The molecule has 3 aliphatic rings. The van der Waals surface area contributed by atoms with Crippen molar-refractivity contribution < 1.29 is 79.9 Å². The number of aliphatic hydroxyl groups is 11. The van der Waals surface area contributed by atoms with Crippen LogP contribution in [-0.4, -0.2) is 168 Å². The van der Waals surface area contributed by atoms with E-state index in [1.165, 1.54) is 6.08 Å². The number of hydrogen-bond acceptors (Lipinski definition) is 16. The zero-order chi connectivity index (χ0) is 27.7. The van der Waals surface area contributed by atoms with Crippen molar-refractivity contribution in [1.82, 2.24) is 0 Å². The van der Waals surface area contributed by atoms with E-state index in [1.807, 2.05) is 0 Å². The van der Waals surface area contributed by atoms with Crippen LogP contribution in [0.1, 0.15) is 6.42 Å². The van der Waals surface area contributed by atoms with Crippen LogP contribution < -0.4 is 0 Å². The largest absolute Gasteiger partial charge is 0.394 e. The van der Waals surface area contributed by atoms with Gasteiger partial charge in [0.25, 0.3) is 0 Å². The first-order valence-corrected chi connectivity index (χ1v) is 11.7. The van der Waals surface area contributed by atoms with Gasteiger partial charge in [-0.3, -0.25) is 0 Å². The van der Waals surface area contributed by atoms with Crippen LogP contribution in [-0.2, 0) is 23.7 Å². The van der Waals surface area contributed by atoms with Gasteiger partial charge < -0.3 is 79.9 Å². The third-order valence-electron chi connectivity index (χ3n) is 6.75. The Hall–Kier alpha value is -0.900. The minimum Gasteiger partial charge on any atom is -0.394 e. The van der Waals surface area contributed by atoms with Crippen LogP contribution in [0.3, 0.4) is 0 Å². The van der Waals surface area contributed by atoms with Gasteiger partial charge in [0.2, 0.25) is 5.79 Å². The molecule has 15 atom stereocenters. The molecule has 3 aliphatic heterocycles. The van der Waals surface area contributed by atoms with E-state index in [-0.39, 0.29) is 6.42 Å². The van der Waals surface area contributed by atoms with Gasteiger partial charge in [-0.15, -0.1) is 6.58 Å². The maximum absolute atomic E-state index is 10.9. The second kappa shape index (κ2) is 12.5. The Kier molecular flexibility index (Phi) is 10.4. The van der Waals surface area contributed by atoms with Gasteiger partial charge >= 0.3 is 0 Å². The third-order valence-corrected chi connectivity index (χ3v) is 6.75. The highest BCUT2D eigenvalue weighted by molar-refractivity contribution is 5.02. The van der Waals surface area contributed by atoms with Crippen LogP contribution in [0.5, 0.6) is 0 Å².